The minimum absolute atomic E-state index is 0.105. The third-order valence-corrected chi connectivity index (χ3v) is 7.17. The molecule has 0 spiro atoms. The van der Waals surface area contributed by atoms with E-state index in [4.69, 9.17) is 24.4 Å². The second-order valence-electron chi connectivity index (χ2n) is 7.33. The lowest BCUT2D eigenvalue weighted by Crippen LogP contribution is -2.37. The largest absolute Gasteiger partial charge is 0.358 e. The maximum absolute atomic E-state index is 12.5. The van der Waals surface area contributed by atoms with Gasteiger partial charge in [0.05, 0.1) is 16.4 Å². The maximum atomic E-state index is 12.5. The van der Waals surface area contributed by atoms with Gasteiger partial charge in [0.1, 0.15) is 21.6 Å². The van der Waals surface area contributed by atoms with E-state index in [0.29, 0.717) is 11.1 Å². The van der Waals surface area contributed by atoms with Crippen LogP contribution in [0.3, 0.4) is 0 Å². The lowest BCUT2D eigenvalue weighted by molar-refractivity contribution is -0.385. The number of hydrogen-bond donors (Lipinski definition) is 0. The molecule has 0 aliphatic rings. The van der Waals surface area contributed by atoms with Crippen LogP contribution in [0.25, 0.3) is 0 Å². The first kappa shape index (κ1) is 26.9. The molecule has 11 nitrogen and oxygen atoms in total. The van der Waals surface area contributed by atoms with E-state index in [1.165, 1.54) is 72.4 Å². The summed E-state index contributed by atoms with van der Waals surface area (Å²) < 4.78 is 25.1. The molecule has 180 valence electrons. The molecule has 2 aromatic rings. The van der Waals surface area contributed by atoms with Crippen LogP contribution in [0.5, 0.6) is 0 Å². The summed E-state index contributed by atoms with van der Waals surface area (Å²) in [6.45, 7) is -0.272. The Balaban J connectivity index is 1.96. The van der Waals surface area contributed by atoms with Gasteiger partial charge < -0.3 is 9.80 Å². The molecule has 0 saturated carbocycles. The van der Waals surface area contributed by atoms with Crippen LogP contribution in [0, 0.1) is 20.2 Å². The summed E-state index contributed by atoms with van der Waals surface area (Å²) in [5.74, 6) is -1.86. The number of Topliss-reactive ketones (excluding diaryl/α,β-unsaturated/α-hetero) is 1. The number of thiocarbonyl (C=S) groups is 2. The lowest BCUT2D eigenvalue weighted by Gasteiger charge is -2.21. The number of rotatable bonds is 10. The normalized spacial score (nSPS) is 10.9. The Kier molecular flexibility index (Phi) is 8.84. The van der Waals surface area contributed by atoms with Crippen molar-refractivity contribution in [3.8, 4) is 0 Å². The smallest absolute Gasteiger partial charge is 0.269 e. The zero-order valence-corrected chi connectivity index (χ0v) is 20.6. The number of likely N-dealkylation sites (N-methyl/N-ethyl adjacent to an activating group) is 1. The number of carbonyl (C=O) groups excluding carboxylic acids is 1. The van der Waals surface area contributed by atoms with E-state index in [1.807, 2.05) is 0 Å². The van der Waals surface area contributed by atoms with E-state index in [-0.39, 0.29) is 27.9 Å². The molecule has 0 radical (unpaired) electrons. The van der Waals surface area contributed by atoms with Gasteiger partial charge in [0.2, 0.25) is 0 Å². The van der Waals surface area contributed by atoms with Crippen molar-refractivity contribution in [2.75, 3.05) is 32.3 Å². The van der Waals surface area contributed by atoms with Gasteiger partial charge in [-0.3, -0.25) is 25.0 Å². The van der Waals surface area contributed by atoms with Crippen LogP contribution >= 0.6 is 24.4 Å². The van der Waals surface area contributed by atoms with Crippen molar-refractivity contribution < 1.29 is 23.1 Å². The number of nitrogens with zero attached hydrogens (tertiary/aromatic N) is 4. The number of ketones is 1. The highest BCUT2D eigenvalue weighted by Crippen LogP contribution is 2.15. The zero-order valence-electron chi connectivity index (χ0n) is 18.1. The van der Waals surface area contributed by atoms with E-state index in [2.05, 4.69) is 0 Å². The Morgan fingerprint density at radius 2 is 1.21 bits per heavy atom. The number of benzene rings is 2. The molecule has 0 atom stereocenters. The zero-order chi connectivity index (χ0) is 25.6. The number of sulfone groups is 1. The molecule has 0 fully saturated rings. The molecule has 34 heavy (non-hydrogen) atoms. The molecule has 2 rings (SSSR count). The van der Waals surface area contributed by atoms with Crippen molar-refractivity contribution >= 4 is 61.4 Å². The first-order valence-corrected chi connectivity index (χ1v) is 12.2. The Hall–Kier alpha value is -3.36. The molecule has 0 unspecified atom stereocenters. The molecule has 0 aromatic heterocycles. The standard InChI is InChI=1S/C20H20N4O7S3/c1-21(19(32)14-3-7-16(8-4-14)23(26)27)11-18(25)12-34(30,31)13-22(2)20(33)15-5-9-17(10-6-15)24(28)29/h3-10H,11-13H2,1-2H3. The predicted octanol–water partition coefficient (Wildman–Crippen LogP) is 2.36. The van der Waals surface area contributed by atoms with Crippen LogP contribution < -0.4 is 0 Å². The number of non-ortho nitro benzene ring substituents is 2. The number of hydrogen-bond acceptors (Lipinski definition) is 9. The minimum atomic E-state index is -3.87. The van der Waals surface area contributed by atoms with Crippen molar-refractivity contribution in [2.24, 2.45) is 0 Å². The molecular formula is C20H20N4O7S3. The van der Waals surface area contributed by atoms with Gasteiger partial charge in [0, 0.05) is 49.5 Å². The van der Waals surface area contributed by atoms with Crippen molar-refractivity contribution in [1.29, 1.82) is 0 Å². The molecule has 0 amide bonds. The average molecular weight is 525 g/mol. The van der Waals surface area contributed by atoms with Crippen LogP contribution in [0.4, 0.5) is 11.4 Å². The van der Waals surface area contributed by atoms with E-state index in [1.54, 1.807) is 0 Å². The predicted molar refractivity (Wildman–Crippen MR) is 134 cm³/mol. The van der Waals surface area contributed by atoms with Crippen LogP contribution in [0.2, 0.25) is 0 Å². The van der Waals surface area contributed by atoms with Gasteiger partial charge in [-0.1, -0.05) is 24.4 Å². The van der Waals surface area contributed by atoms with Gasteiger partial charge >= 0.3 is 0 Å². The first-order chi connectivity index (χ1) is 15.8. The summed E-state index contributed by atoms with van der Waals surface area (Å²) in [6, 6.07) is 10.8. The van der Waals surface area contributed by atoms with Gasteiger partial charge in [0.25, 0.3) is 11.4 Å². The third-order valence-electron chi connectivity index (χ3n) is 4.53. The third kappa shape index (κ3) is 7.33. The summed E-state index contributed by atoms with van der Waals surface area (Å²) in [7, 11) is -0.906. The molecule has 14 heteroatoms. The summed E-state index contributed by atoms with van der Waals surface area (Å²) in [5, 5.41) is 21.5. The highest BCUT2D eigenvalue weighted by Gasteiger charge is 2.23. The molecule has 0 heterocycles. The first-order valence-electron chi connectivity index (χ1n) is 9.52. The van der Waals surface area contributed by atoms with Gasteiger partial charge in [-0.25, -0.2) is 8.42 Å². The van der Waals surface area contributed by atoms with E-state index in [0.717, 1.165) is 0 Å². The topological polar surface area (TPSA) is 144 Å². The molecule has 0 aliphatic carbocycles. The second kappa shape index (κ2) is 11.2. The lowest BCUT2D eigenvalue weighted by atomic mass is 10.2. The minimum Gasteiger partial charge on any atom is -0.358 e. The summed E-state index contributed by atoms with van der Waals surface area (Å²) in [6.07, 6.45) is 0. The number of nitro groups is 2. The quantitative estimate of drug-likeness (QED) is 0.256. The molecule has 0 saturated heterocycles. The summed E-state index contributed by atoms with van der Waals surface area (Å²) in [5.41, 5.74) is 0.681. The molecular weight excluding hydrogens is 504 g/mol. The van der Waals surface area contributed by atoms with E-state index < -0.39 is 37.1 Å². The van der Waals surface area contributed by atoms with Crippen LogP contribution in [0.1, 0.15) is 11.1 Å². The number of carbonyl (C=O) groups is 1. The highest BCUT2D eigenvalue weighted by molar-refractivity contribution is 7.92. The summed E-state index contributed by atoms with van der Waals surface area (Å²) >= 11 is 10.5. The van der Waals surface area contributed by atoms with Crippen molar-refractivity contribution in [2.45, 2.75) is 0 Å². The fourth-order valence-electron chi connectivity index (χ4n) is 2.92. The highest BCUT2D eigenvalue weighted by atomic mass is 32.2. The van der Waals surface area contributed by atoms with Gasteiger partial charge in [-0.05, 0) is 24.3 Å². The van der Waals surface area contributed by atoms with Crippen LogP contribution in [0.15, 0.2) is 48.5 Å². The fourth-order valence-corrected chi connectivity index (χ4v) is 4.79. The second-order valence-corrected chi connectivity index (χ2v) is 10.1. The summed E-state index contributed by atoms with van der Waals surface area (Å²) in [4.78, 5) is 35.8. The van der Waals surface area contributed by atoms with E-state index >= 15 is 0 Å². The maximum Gasteiger partial charge on any atom is 0.269 e. The van der Waals surface area contributed by atoms with Crippen LogP contribution in [-0.4, -0.2) is 76.1 Å². The van der Waals surface area contributed by atoms with Gasteiger partial charge in [0.15, 0.2) is 15.6 Å². The average Bonchev–Trinajstić information content (AvgIpc) is 2.77. The molecule has 0 N–H and O–H groups in total. The number of nitro benzene ring substituents is 2. The van der Waals surface area contributed by atoms with Crippen molar-refractivity contribution in [3.05, 3.63) is 79.9 Å². The Morgan fingerprint density at radius 3 is 1.59 bits per heavy atom. The van der Waals surface area contributed by atoms with Gasteiger partial charge in [-0.2, -0.15) is 0 Å². The fraction of sp³-hybridized carbons (Fsp3) is 0.250. The van der Waals surface area contributed by atoms with Crippen LogP contribution in [-0.2, 0) is 14.6 Å². The SMILES string of the molecule is CN(CC(=O)CS(=O)(=O)CN(C)C(=S)c1ccc([N+](=O)[O-])cc1)C(=S)c1ccc([N+](=O)[O-])cc1. The molecule has 0 bridgehead atoms. The van der Waals surface area contributed by atoms with Crippen molar-refractivity contribution in [1.82, 2.24) is 9.80 Å². The Morgan fingerprint density at radius 1 is 0.824 bits per heavy atom. The van der Waals surface area contributed by atoms with Gasteiger partial charge in [-0.15, -0.1) is 0 Å². The Labute approximate surface area is 206 Å². The monoisotopic (exact) mass is 524 g/mol. The Bertz CT molecular complexity index is 1230. The molecule has 2 aromatic carbocycles. The van der Waals surface area contributed by atoms with Crippen molar-refractivity contribution in [3.63, 3.8) is 0 Å². The van der Waals surface area contributed by atoms with E-state index in [9.17, 15) is 33.4 Å². The molecule has 0 aliphatic heterocycles.